The third-order valence-electron chi connectivity index (χ3n) is 5.10. The Labute approximate surface area is 186 Å². The Bertz CT molecular complexity index is 979. The van der Waals surface area contributed by atoms with Crippen LogP contribution in [0.15, 0.2) is 12.1 Å². The van der Waals surface area contributed by atoms with Gasteiger partial charge in [0.25, 0.3) is 0 Å². The summed E-state index contributed by atoms with van der Waals surface area (Å²) in [6.07, 6.45) is 1.08. The van der Waals surface area contributed by atoms with Crippen LogP contribution in [0.4, 0.5) is 5.13 Å². The van der Waals surface area contributed by atoms with Gasteiger partial charge in [-0.15, -0.1) is 0 Å². The normalized spacial score (nSPS) is 15.4. The number of ether oxygens (including phenoxy) is 3. The summed E-state index contributed by atoms with van der Waals surface area (Å²) in [6.45, 7) is 3.61. The molecule has 31 heavy (non-hydrogen) atoms. The Morgan fingerprint density at radius 3 is 2.48 bits per heavy atom. The van der Waals surface area contributed by atoms with Crippen molar-refractivity contribution in [3.8, 4) is 11.5 Å². The van der Waals surface area contributed by atoms with Crippen molar-refractivity contribution in [2.75, 3.05) is 78.4 Å². The molecule has 1 aromatic heterocycles. The first-order valence-corrected chi connectivity index (χ1v) is 12.4. The number of anilines is 1. The number of rotatable bonds is 9. The molecule has 0 saturated carbocycles. The zero-order valence-electron chi connectivity index (χ0n) is 18.2. The standard InChI is InChI=1S/C19H28N4O6S2/c1-21(31(4,25)26)13-16(24)23(8-7-22-9-11-29-12-10-22)19-20-17-14(27-2)5-6-15(28-3)18(17)30-19/h5-6H,7-13H2,1-4H3. The predicted octanol–water partition coefficient (Wildman–Crippen LogP) is 0.870. The minimum atomic E-state index is -3.49. The Balaban J connectivity index is 1.93. The summed E-state index contributed by atoms with van der Waals surface area (Å²) in [7, 11) is 1.02. The smallest absolute Gasteiger partial charge is 0.244 e. The highest BCUT2D eigenvalue weighted by Crippen LogP contribution is 2.40. The second kappa shape index (κ2) is 10.1. The minimum Gasteiger partial charge on any atom is -0.495 e. The van der Waals surface area contributed by atoms with Crippen LogP contribution in [-0.2, 0) is 19.6 Å². The number of methoxy groups -OCH3 is 2. The second-order valence-corrected chi connectivity index (χ2v) is 10.2. The van der Waals surface area contributed by atoms with Crippen LogP contribution < -0.4 is 14.4 Å². The van der Waals surface area contributed by atoms with Gasteiger partial charge < -0.3 is 14.2 Å². The Hall–Kier alpha value is -1.99. The molecule has 0 radical (unpaired) electrons. The molecule has 1 aliphatic rings. The van der Waals surface area contributed by atoms with E-state index in [9.17, 15) is 13.2 Å². The molecule has 3 rings (SSSR count). The number of hydrogen-bond donors (Lipinski definition) is 0. The number of amides is 1. The molecule has 0 N–H and O–H groups in total. The van der Waals surface area contributed by atoms with E-state index in [1.54, 1.807) is 31.3 Å². The predicted molar refractivity (Wildman–Crippen MR) is 120 cm³/mol. The van der Waals surface area contributed by atoms with Gasteiger partial charge in [-0.2, -0.15) is 4.31 Å². The van der Waals surface area contributed by atoms with Crippen LogP contribution in [-0.4, -0.2) is 102 Å². The van der Waals surface area contributed by atoms with Gasteiger partial charge in [-0.1, -0.05) is 11.3 Å². The number of thiazole rings is 1. The van der Waals surface area contributed by atoms with Gasteiger partial charge in [-0.25, -0.2) is 13.4 Å². The van der Waals surface area contributed by atoms with E-state index in [0.29, 0.717) is 48.5 Å². The summed E-state index contributed by atoms with van der Waals surface area (Å²) in [5.74, 6) is 0.860. The highest BCUT2D eigenvalue weighted by molar-refractivity contribution is 7.88. The van der Waals surface area contributed by atoms with E-state index < -0.39 is 10.0 Å². The van der Waals surface area contributed by atoms with Crippen molar-refractivity contribution in [3.63, 3.8) is 0 Å². The van der Waals surface area contributed by atoms with Crippen LogP contribution in [0.1, 0.15) is 0 Å². The molecule has 0 aliphatic carbocycles. The van der Waals surface area contributed by atoms with Crippen molar-refractivity contribution in [2.24, 2.45) is 0 Å². The number of aromatic nitrogens is 1. The monoisotopic (exact) mass is 472 g/mol. The molecule has 2 aromatic rings. The molecule has 0 unspecified atom stereocenters. The van der Waals surface area contributed by atoms with Crippen LogP contribution in [0.25, 0.3) is 10.2 Å². The lowest BCUT2D eigenvalue weighted by Crippen LogP contribution is -2.46. The average Bonchev–Trinajstić information content (AvgIpc) is 3.18. The lowest BCUT2D eigenvalue weighted by molar-refractivity contribution is -0.118. The molecular formula is C19H28N4O6S2. The number of nitrogens with zero attached hydrogens (tertiary/aromatic N) is 4. The zero-order valence-corrected chi connectivity index (χ0v) is 19.8. The summed E-state index contributed by atoms with van der Waals surface area (Å²) >= 11 is 1.31. The fourth-order valence-electron chi connectivity index (χ4n) is 3.18. The van der Waals surface area contributed by atoms with Gasteiger partial charge in [-0.3, -0.25) is 14.6 Å². The van der Waals surface area contributed by atoms with Crippen LogP contribution >= 0.6 is 11.3 Å². The van der Waals surface area contributed by atoms with Crippen LogP contribution in [0.3, 0.4) is 0 Å². The van der Waals surface area contributed by atoms with E-state index >= 15 is 0 Å². The number of benzene rings is 1. The molecule has 2 heterocycles. The molecular weight excluding hydrogens is 444 g/mol. The number of hydrogen-bond acceptors (Lipinski definition) is 9. The molecule has 0 atom stereocenters. The highest BCUT2D eigenvalue weighted by Gasteiger charge is 2.26. The number of morpholine rings is 1. The van der Waals surface area contributed by atoms with Gasteiger partial charge >= 0.3 is 0 Å². The third-order valence-corrected chi connectivity index (χ3v) is 7.45. The summed E-state index contributed by atoms with van der Waals surface area (Å²) in [5.41, 5.74) is 0.600. The van der Waals surface area contributed by atoms with Crippen LogP contribution in [0.2, 0.25) is 0 Å². The molecule has 172 valence electrons. The zero-order chi connectivity index (χ0) is 22.6. The Kier molecular flexibility index (Phi) is 7.70. The van der Waals surface area contributed by atoms with E-state index in [1.807, 2.05) is 0 Å². The molecule has 10 nitrogen and oxygen atoms in total. The summed E-state index contributed by atoms with van der Waals surface area (Å²) < 4.78 is 41.7. The Morgan fingerprint density at radius 2 is 1.87 bits per heavy atom. The molecule has 1 saturated heterocycles. The van der Waals surface area contributed by atoms with Gasteiger partial charge in [0.1, 0.15) is 21.7 Å². The van der Waals surface area contributed by atoms with E-state index in [-0.39, 0.29) is 12.5 Å². The highest BCUT2D eigenvalue weighted by atomic mass is 32.2. The average molecular weight is 473 g/mol. The van der Waals surface area contributed by atoms with Crippen molar-refractivity contribution in [1.82, 2.24) is 14.2 Å². The molecule has 12 heteroatoms. The molecule has 1 fully saturated rings. The maximum atomic E-state index is 13.1. The molecule has 1 aromatic carbocycles. The van der Waals surface area contributed by atoms with E-state index in [1.165, 1.54) is 18.4 Å². The van der Waals surface area contributed by atoms with Gasteiger partial charge in [0.2, 0.25) is 15.9 Å². The maximum Gasteiger partial charge on any atom is 0.244 e. The number of likely N-dealkylation sites (N-methyl/N-ethyl adjacent to an activating group) is 1. The van der Waals surface area contributed by atoms with Crippen LogP contribution in [0.5, 0.6) is 11.5 Å². The summed E-state index contributed by atoms with van der Waals surface area (Å²) in [6, 6.07) is 3.56. The maximum absolute atomic E-state index is 13.1. The van der Waals surface area contributed by atoms with E-state index in [0.717, 1.165) is 28.4 Å². The number of carbonyl (C=O) groups is 1. The van der Waals surface area contributed by atoms with E-state index in [4.69, 9.17) is 14.2 Å². The largest absolute Gasteiger partial charge is 0.495 e. The number of fused-ring (bicyclic) bond motifs is 1. The fourth-order valence-corrected chi connectivity index (χ4v) is 4.64. The molecule has 1 amide bonds. The molecule has 0 bridgehead atoms. The minimum absolute atomic E-state index is 0.272. The Morgan fingerprint density at radius 1 is 1.23 bits per heavy atom. The van der Waals surface area contributed by atoms with Gasteiger partial charge in [0, 0.05) is 33.2 Å². The molecule has 0 spiro atoms. The van der Waals surface area contributed by atoms with E-state index in [2.05, 4.69) is 9.88 Å². The first-order chi connectivity index (χ1) is 14.7. The SMILES string of the molecule is COc1ccc(OC)c2sc(N(CCN3CCOCC3)C(=O)CN(C)S(C)(=O)=O)nc12. The topological polar surface area (TPSA) is 102 Å². The van der Waals surface area contributed by atoms with Crippen molar-refractivity contribution < 1.29 is 27.4 Å². The van der Waals surface area contributed by atoms with Crippen molar-refractivity contribution in [1.29, 1.82) is 0 Å². The fraction of sp³-hybridized carbons (Fsp3) is 0.579. The first-order valence-electron chi connectivity index (χ1n) is 9.78. The van der Waals surface area contributed by atoms with Gasteiger partial charge in [0.05, 0.1) is 40.2 Å². The summed E-state index contributed by atoms with van der Waals surface area (Å²) in [4.78, 5) is 21.5. The number of carbonyl (C=O) groups excluding carboxylic acids is 1. The van der Waals surface area contributed by atoms with Crippen LogP contribution in [0, 0.1) is 0 Å². The van der Waals surface area contributed by atoms with Crippen molar-refractivity contribution in [2.45, 2.75) is 0 Å². The summed E-state index contributed by atoms with van der Waals surface area (Å²) in [5, 5.41) is 0.470. The third kappa shape index (κ3) is 5.63. The van der Waals surface area contributed by atoms with Gasteiger partial charge in [-0.05, 0) is 12.1 Å². The van der Waals surface area contributed by atoms with Crippen molar-refractivity contribution >= 4 is 42.6 Å². The quantitative estimate of drug-likeness (QED) is 0.530. The molecule has 1 aliphatic heterocycles. The lowest BCUT2D eigenvalue weighted by atomic mass is 10.3. The number of sulfonamides is 1. The lowest BCUT2D eigenvalue weighted by Gasteiger charge is -2.29. The second-order valence-electron chi connectivity index (χ2n) is 7.16. The first kappa shape index (κ1) is 23.7. The van der Waals surface area contributed by atoms with Crippen molar-refractivity contribution in [3.05, 3.63) is 12.1 Å². The van der Waals surface area contributed by atoms with Gasteiger partial charge in [0.15, 0.2) is 5.13 Å².